The number of amides is 1. The predicted octanol–water partition coefficient (Wildman–Crippen LogP) is -0.565. The van der Waals surface area contributed by atoms with Crippen molar-refractivity contribution in [3.05, 3.63) is 12.4 Å². The lowest BCUT2D eigenvalue weighted by Gasteiger charge is -2.50. The molecular formula is C16H26N6O3S. The Hall–Kier alpha value is -1.65. The van der Waals surface area contributed by atoms with Gasteiger partial charge in [-0.3, -0.25) is 13.8 Å². The minimum Gasteiger partial charge on any atom is -0.352 e. The molecule has 0 bridgehead atoms. The minimum atomic E-state index is -3.67. The molecule has 1 amide bonds. The minimum absolute atomic E-state index is 0.124. The van der Waals surface area contributed by atoms with Crippen molar-refractivity contribution in [1.82, 2.24) is 24.7 Å². The lowest BCUT2D eigenvalue weighted by Crippen LogP contribution is -2.57. The Labute approximate surface area is 153 Å². The number of nitrogens with zero attached hydrogens (tertiary/aromatic N) is 4. The van der Waals surface area contributed by atoms with Gasteiger partial charge in [0.1, 0.15) is 0 Å². The fraction of sp³-hybridized carbons (Fsp3) is 0.750. The summed E-state index contributed by atoms with van der Waals surface area (Å²) in [5, 5.41) is 10.5. The number of aryl methyl sites for hydroxylation is 1. The van der Waals surface area contributed by atoms with E-state index < -0.39 is 10.2 Å². The van der Waals surface area contributed by atoms with Gasteiger partial charge in [-0.25, -0.2) is 0 Å². The molecule has 26 heavy (non-hydrogen) atoms. The Morgan fingerprint density at radius 2 is 2.23 bits per heavy atom. The maximum absolute atomic E-state index is 12.7. The summed E-state index contributed by atoms with van der Waals surface area (Å²) in [7, 11) is -1.93. The number of piperidine rings is 1. The third-order valence-corrected chi connectivity index (χ3v) is 7.66. The molecule has 4 rings (SSSR count). The van der Waals surface area contributed by atoms with Gasteiger partial charge in [0.25, 0.3) is 0 Å². The first kappa shape index (κ1) is 17.7. The number of nitrogens with one attached hydrogen (secondary N) is 2. The highest BCUT2D eigenvalue weighted by atomic mass is 32.2. The second-order valence-electron chi connectivity index (χ2n) is 7.74. The Kier molecular flexibility index (Phi) is 4.44. The van der Waals surface area contributed by atoms with E-state index in [9.17, 15) is 13.2 Å². The molecule has 3 fully saturated rings. The van der Waals surface area contributed by atoms with Crippen molar-refractivity contribution in [2.24, 2.45) is 12.5 Å². The highest BCUT2D eigenvalue weighted by molar-refractivity contribution is 7.90. The number of carbonyl (C=O) groups is 1. The van der Waals surface area contributed by atoms with Gasteiger partial charge in [0, 0.05) is 38.9 Å². The van der Waals surface area contributed by atoms with Crippen LogP contribution >= 0.6 is 0 Å². The molecular weight excluding hydrogens is 356 g/mol. The summed E-state index contributed by atoms with van der Waals surface area (Å²) in [6.07, 6.45) is 7.56. The van der Waals surface area contributed by atoms with E-state index in [1.165, 1.54) is 27.6 Å². The van der Waals surface area contributed by atoms with Gasteiger partial charge >= 0.3 is 10.2 Å². The molecule has 10 heteroatoms. The molecule has 2 N–H and O–H groups in total. The summed E-state index contributed by atoms with van der Waals surface area (Å²) in [6, 6.07) is 0.169. The summed E-state index contributed by atoms with van der Waals surface area (Å²) in [6.45, 7) is 2.63. The Morgan fingerprint density at radius 1 is 1.42 bits per heavy atom. The fourth-order valence-corrected chi connectivity index (χ4v) is 5.98. The Morgan fingerprint density at radius 3 is 2.88 bits per heavy atom. The SMILES string of the molecule is Cn1cc(N2CCN(CC(=O)NC3CC4(CCCNC4)C3)S2(=O)=O)cn1. The summed E-state index contributed by atoms with van der Waals surface area (Å²) in [5.41, 5.74) is 0.869. The van der Waals surface area contributed by atoms with Crippen LogP contribution in [0.1, 0.15) is 25.7 Å². The molecule has 0 radical (unpaired) electrons. The van der Waals surface area contributed by atoms with Crippen LogP contribution in [0.3, 0.4) is 0 Å². The van der Waals surface area contributed by atoms with Gasteiger partial charge in [0.2, 0.25) is 5.91 Å². The van der Waals surface area contributed by atoms with Crippen LogP contribution in [-0.2, 0) is 22.1 Å². The molecule has 1 aromatic heterocycles. The van der Waals surface area contributed by atoms with E-state index in [4.69, 9.17) is 0 Å². The maximum atomic E-state index is 12.7. The monoisotopic (exact) mass is 382 g/mol. The molecule has 3 aliphatic rings. The number of aromatic nitrogens is 2. The van der Waals surface area contributed by atoms with Crippen molar-refractivity contribution in [2.75, 3.05) is 37.0 Å². The van der Waals surface area contributed by atoms with E-state index in [2.05, 4.69) is 15.7 Å². The number of carbonyl (C=O) groups excluding carboxylic acids is 1. The van der Waals surface area contributed by atoms with E-state index in [1.807, 2.05) is 0 Å². The molecule has 1 aromatic rings. The number of anilines is 1. The molecule has 9 nitrogen and oxygen atoms in total. The van der Waals surface area contributed by atoms with Gasteiger partial charge in [-0.1, -0.05) is 0 Å². The van der Waals surface area contributed by atoms with Gasteiger partial charge in [0.05, 0.1) is 18.4 Å². The third kappa shape index (κ3) is 3.21. The predicted molar refractivity (Wildman–Crippen MR) is 96.7 cm³/mol. The molecule has 0 unspecified atom stereocenters. The summed E-state index contributed by atoms with van der Waals surface area (Å²) < 4.78 is 29.5. The fourth-order valence-electron chi connectivity index (χ4n) is 4.43. The lowest BCUT2D eigenvalue weighted by molar-refractivity contribution is -0.123. The summed E-state index contributed by atoms with van der Waals surface area (Å²) in [5.74, 6) is -0.217. The van der Waals surface area contributed by atoms with Crippen LogP contribution in [-0.4, -0.2) is 67.2 Å². The largest absolute Gasteiger partial charge is 0.352 e. The van der Waals surface area contributed by atoms with E-state index in [0.717, 1.165) is 25.9 Å². The van der Waals surface area contributed by atoms with Gasteiger partial charge in [-0.15, -0.1) is 0 Å². The van der Waals surface area contributed by atoms with E-state index in [-0.39, 0.29) is 18.5 Å². The molecule has 1 aliphatic carbocycles. The standard InChI is InChI=1S/C16H26N6O3S/c1-20-10-14(9-18-20)22-6-5-21(26(22,24)25)11-15(23)19-13-7-16(8-13)3-2-4-17-12-16/h9-10,13,17H,2-8,11-12H2,1H3,(H,19,23). The molecule has 1 spiro atoms. The number of rotatable bonds is 4. The van der Waals surface area contributed by atoms with Gasteiger partial charge in [-0.2, -0.15) is 17.8 Å². The van der Waals surface area contributed by atoms with Crippen LogP contribution in [0.25, 0.3) is 0 Å². The van der Waals surface area contributed by atoms with Crippen molar-refractivity contribution in [1.29, 1.82) is 0 Å². The van der Waals surface area contributed by atoms with Crippen molar-refractivity contribution >= 4 is 21.8 Å². The zero-order valence-electron chi connectivity index (χ0n) is 15.0. The van der Waals surface area contributed by atoms with Crippen molar-refractivity contribution in [3.8, 4) is 0 Å². The molecule has 3 heterocycles. The van der Waals surface area contributed by atoms with E-state index in [0.29, 0.717) is 24.2 Å². The number of hydrogen-bond acceptors (Lipinski definition) is 5. The van der Waals surface area contributed by atoms with Crippen molar-refractivity contribution < 1.29 is 13.2 Å². The van der Waals surface area contributed by atoms with Crippen molar-refractivity contribution in [3.63, 3.8) is 0 Å². The first-order valence-corrected chi connectivity index (χ1v) is 10.5. The second-order valence-corrected chi connectivity index (χ2v) is 9.59. The van der Waals surface area contributed by atoms with Crippen LogP contribution < -0.4 is 14.9 Å². The third-order valence-electron chi connectivity index (χ3n) is 5.74. The highest BCUT2D eigenvalue weighted by Gasteiger charge is 2.45. The lowest BCUT2D eigenvalue weighted by atomic mass is 9.62. The average molecular weight is 382 g/mol. The van der Waals surface area contributed by atoms with Crippen LogP contribution in [0.5, 0.6) is 0 Å². The zero-order valence-corrected chi connectivity index (χ0v) is 15.8. The molecule has 0 atom stereocenters. The average Bonchev–Trinajstić information content (AvgIpc) is 3.10. The summed E-state index contributed by atoms with van der Waals surface area (Å²) >= 11 is 0. The van der Waals surface area contributed by atoms with Crippen LogP contribution in [0, 0.1) is 5.41 Å². The molecule has 2 saturated heterocycles. The maximum Gasteiger partial charge on any atom is 0.304 e. The first-order valence-electron chi connectivity index (χ1n) is 9.15. The molecule has 1 saturated carbocycles. The van der Waals surface area contributed by atoms with Crippen LogP contribution in [0.2, 0.25) is 0 Å². The quantitative estimate of drug-likeness (QED) is 0.727. The smallest absolute Gasteiger partial charge is 0.304 e. The highest BCUT2D eigenvalue weighted by Crippen LogP contribution is 2.45. The Bertz CT molecular complexity index is 778. The normalized spacial score (nSPS) is 31.1. The second kappa shape index (κ2) is 6.50. The van der Waals surface area contributed by atoms with E-state index in [1.54, 1.807) is 17.9 Å². The van der Waals surface area contributed by atoms with Gasteiger partial charge < -0.3 is 10.6 Å². The van der Waals surface area contributed by atoms with Crippen LogP contribution in [0.15, 0.2) is 12.4 Å². The number of hydrogen-bond donors (Lipinski definition) is 2. The topological polar surface area (TPSA) is 99.6 Å². The van der Waals surface area contributed by atoms with Gasteiger partial charge in [-0.05, 0) is 37.6 Å². The first-order chi connectivity index (χ1) is 12.4. The van der Waals surface area contributed by atoms with Gasteiger partial charge in [0.15, 0.2) is 0 Å². The molecule has 0 aromatic carbocycles. The Balaban J connectivity index is 1.31. The zero-order chi connectivity index (χ0) is 18.4. The van der Waals surface area contributed by atoms with E-state index >= 15 is 0 Å². The molecule has 144 valence electrons. The summed E-state index contributed by atoms with van der Waals surface area (Å²) in [4.78, 5) is 12.3. The molecule has 2 aliphatic heterocycles. The van der Waals surface area contributed by atoms with Crippen molar-refractivity contribution in [2.45, 2.75) is 31.7 Å². The van der Waals surface area contributed by atoms with Crippen LogP contribution in [0.4, 0.5) is 5.69 Å².